The highest BCUT2D eigenvalue weighted by Gasteiger charge is 2.06. The predicted octanol–water partition coefficient (Wildman–Crippen LogP) is 1.21. The standard InChI is InChI=1S/C9H12N2O2/c1-5-4-6(2)9(11-8(5)10)13-7(3)12/h4H,1-3H3,(H2,10,11). The number of hydrogen-bond acceptors (Lipinski definition) is 4. The summed E-state index contributed by atoms with van der Waals surface area (Å²) in [5.74, 6) is 0.288. The van der Waals surface area contributed by atoms with Crippen LogP contribution in [0.1, 0.15) is 18.1 Å². The van der Waals surface area contributed by atoms with E-state index in [1.54, 1.807) is 0 Å². The highest BCUT2D eigenvalue weighted by molar-refractivity contribution is 5.69. The van der Waals surface area contributed by atoms with Gasteiger partial charge in [-0.2, -0.15) is 4.98 Å². The Morgan fingerprint density at radius 1 is 1.46 bits per heavy atom. The molecule has 2 N–H and O–H groups in total. The molecule has 0 aliphatic heterocycles. The summed E-state index contributed by atoms with van der Waals surface area (Å²) >= 11 is 0. The van der Waals surface area contributed by atoms with E-state index < -0.39 is 0 Å². The fraction of sp³-hybridized carbons (Fsp3) is 0.333. The second-order valence-electron chi connectivity index (χ2n) is 2.91. The first kappa shape index (κ1) is 9.51. The number of nitrogen functional groups attached to an aromatic ring is 1. The lowest BCUT2D eigenvalue weighted by molar-refractivity contribution is -0.132. The average molecular weight is 180 g/mol. The molecule has 0 aromatic carbocycles. The molecule has 0 bridgehead atoms. The van der Waals surface area contributed by atoms with Gasteiger partial charge in [-0.1, -0.05) is 0 Å². The van der Waals surface area contributed by atoms with E-state index in [-0.39, 0.29) is 11.8 Å². The Hall–Kier alpha value is -1.58. The zero-order valence-electron chi connectivity index (χ0n) is 7.92. The molecule has 4 heteroatoms. The molecule has 0 saturated heterocycles. The Morgan fingerprint density at radius 3 is 2.62 bits per heavy atom. The van der Waals surface area contributed by atoms with Crippen molar-refractivity contribution in [1.82, 2.24) is 4.98 Å². The van der Waals surface area contributed by atoms with E-state index >= 15 is 0 Å². The third-order valence-electron chi connectivity index (χ3n) is 1.64. The molecule has 0 fully saturated rings. The van der Waals surface area contributed by atoms with Crippen molar-refractivity contribution in [3.8, 4) is 5.88 Å². The molecule has 0 saturated carbocycles. The van der Waals surface area contributed by atoms with Gasteiger partial charge in [0.05, 0.1) is 0 Å². The molecule has 0 spiro atoms. The van der Waals surface area contributed by atoms with Crippen molar-refractivity contribution in [3.05, 3.63) is 17.2 Å². The van der Waals surface area contributed by atoms with Gasteiger partial charge >= 0.3 is 5.97 Å². The van der Waals surface area contributed by atoms with Crippen molar-refractivity contribution in [3.63, 3.8) is 0 Å². The minimum Gasteiger partial charge on any atom is -0.407 e. The molecule has 0 atom stereocenters. The summed E-state index contributed by atoms with van der Waals surface area (Å²) in [6.07, 6.45) is 0. The number of nitrogens with two attached hydrogens (primary N) is 1. The first-order valence-corrected chi connectivity index (χ1v) is 3.93. The average Bonchev–Trinajstić information content (AvgIpc) is 1.99. The summed E-state index contributed by atoms with van der Waals surface area (Å²) < 4.78 is 4.85. The smallest absolute Gasteiger partial charge is 0.309 e. The molecular weight excluding hydrogens is 168 g/mol. The molecule has 0 unspecified atom stereocenters. The SMILES string of the molecule is CC(=O)Oc1nc(N)c(C)cc1C. The molecule has 1 aromatic rings. The van der Waals surface area contributed by atoms with Crippen LogP contribution in [0.15, 0.2) is 6.07 Å². The summed E-state index contributed by atoms with van der Waals surface area (Å²) in [4.78, 5) is 14.6. The van der Waals surface area contributed by atoms with Crippen molar-refractivity contribution < 1.29 is 9.53 Å². The van der Waals surface area contributed by atoms with Gasteiger partial charge in [-0.25, -0.2) is 0 Å². The van der Waals surface area contributed by atoms with Crippen LogP contribution in [0.4, 0.5) is 5.82 Å². The summed E-state index contributed by atoms with van der Waals surface area (Å²) in [6, 6.07) is 1.83. The fourth-order valence-electron chi connectivity index (χ4n) is 0.986. The van der Waals surface area contributed by atoms with Crippen LogP contribution in [-0.4, -0.2) is 11.0 Å². The highest BCUT2D eigenvalue weighted by Crippen LogP contribution is 2.19. The number of aryl methyl sites for hydroxylation is 2. The maximum Gasteiger partial charge on any atom is 0.309 e. The van der Waals surface area contributed by atoms with Gasteiger partial charge in [0, 0.05) is 12.5 Å². The first-order valence-electron chi connectivity index (χ1n) is 3.93. The molecule has 1 aromatic heterocycles. The third-order valence-corrected chi connectivity index (χ3v) is 1.64. The molecule has 70 valence electrons. The summed E-state index contributed by atoms with van der Waals surface area (Å²) in [5.41, 5.74) is 7.25. The van der Waals surface area contributed by atoms with E-state index in [0.717, 1.165) is 11.1 Å². The second kappa shape index (κ2) is 3.43. The maximum absolute atomic E-state index is 10.7. The highest BCUT2D eigenvalue weighted by atomic mass is 16.5. The number of ether oxygens (including phenoxy) is 1. The van der Waals surface area contributed by atoms with Gasteiger partial charge in [-0.15, -0.1) is 0 Å². The van der Waals surface area contributed by atoms with E-state index in [1.807, 2.05) is 19.9 Å². The minimum atomic E-state index is -0.390. The number of nitrogens with zero attached hydrogens (tertiary/aromatic N) is 1. The Labute approximate surface area is 76.7 Å². The lowest BCUT2D eigenvalue weighted by Gasteiger charge is -2.06. The van der Waals surface area contributed by atoms with Gasteiger partial charge in [0.15, 0.2) is 0 Å². The predicted molar refractivity (Wildman–Crippen MR) is 49.4 cm³/mol. The Morgan fingerprint density at radius 2 is 2.08 bits per heavy atom. The number of carbonyl (C=O) groups excluding carboxylic acids is 1. The van der Waals surface area contributed by atoms with E-state index in [1.165, 1.54) is 6.92 Å². The molecule has 1 rings (SSSR count). The second-order valence-corrected chi connectivity index (χ2v) is 2.91. The summed E-state index contributed by atoms with van der Waals surface area (Å²) in [6.45, 7) is 5.00. The fourth-order valence-corrected chi connectivity index (χ4v) is 0.986. The van der Waals surface area contributed by atoms with Crippen molar-refractivity contribution in [2.24, 2.45) is 0 Å². The minimum absolute atomic E-state index is 0.288. The van der Waals surface area contributed by atoms with Crippen LogP contribution in [0.5, 0.6) is 5.88 Å². The van der Waals surface area contributed by atoms with E-state index in [0.29, 0.717) is 5.82 Å². The van der Waals surface area contributed by atoms with E-state index in [9.17, 15) is 4.79 Å². The lowest BCUT2D eigenvalue weighted by atomic mass is 10.2. The first-order chi connectivity index (χ1) is 6.00. The molecule has 4 nitrogen and oxygen atoms in total. The van der Waals surface area contributed by atoms with Crippen molar-refractivity contribution in [2.75, 3.05) is 5.73 Å². The molecule has 1 heterocycles. The Balaban J connectivity index is 3.08. The number of hydrogen-bond donors (Lipinski definition) is 1. The van der Waals surface area contributed by atoms with Crippen LogP contribution < -0.4 is 10.5 Å². The molecule has 0 aliphatic carbocycles. The quantitative estimate of drug-likeness (QED) is 0.659. The zero-order valence-corrected chi connectivity index (χ0v) is 7.92. The lowest BCUT2D eigenvalue weighted by Crippen LogP contribution is -2.06. The van der Waals surface area contributed by atoms with Crippen LogP contribution in [0, 0.1) is 13.8 Å². The van der Waals surface area contributed by atoms with Crippen LogP contribution in [0.2, 0.25) is 0 Å². The van der Waals surface area contributed by atoms with Gasteiger partial charge in [0.1, 0.15) is 5.82 Å². The van der Waals surface area contributed by atoms with Crippen LogP contribution >= 0.6 is 0 Å². The van der Waals surface area contributed by atoms with Gasteiger partial charge in [-0.3, -0.25) is 4.79 Å². The summed E-state index contributed by atoms with van der Waals surface area (Å²) in [5, 5.41) is 0. The van der Waals surface area contributed by atoms with Crippen LogP contribution in [-0.2, 0) is 4.79 Å². The van der Waals surface area contributed by atoms with E-state index in [2.05, 4.69) is 4.98 Å². The molecule has 0 amide bonds. The van der Waals surface area contributed by atoms with Crippen LogP contribution in [0.3, 0.4) is 0 Å². The molecule has 0 radical (unpaired) electrons. The topological polar surface area (TPSA) is 65.2 Å². The van der Waals surface area contributed by atoms with Gasteiger partial charge in [0.25, 0.3) is 0 Å². The third kappa shape index (κ3) is 2.18. The maximum atomic E-state index is 10.7. The molecule has 0 aliphatic rings. The number of rotatable bonds is 1. The zero-order chi connectivity index (χ0) is 10.0. The monoisotopic (exact) mass is 180 g/mol. The number of anilines is 1. The molecular formula is C9H12N2O2. The van der Waals surface area contributed by atoms with Crippen molar-refractivity contribution in [1.29, 1.82) is 0 Å². The number of aromatic nitrogens is 1. The Kier molecular flexibility index (Phi) is 2.51. The van der Waals surface area contributed by atoms with Gasteiger partial charge in [-0.05, 0) is 25.5 Å². The number of carbonyl (C=O) groups is 1. The Bertz CT molecular complexity index is 348. The number of pyridine rings is 1. The van der Waals surface area contributed by atoms with Gasteiger partial charge in [0.2, 0.25) is 5.88 Å². The van der Waals surface area contributed by atoms with Crippen molar-refractivity contribution in [2.45, 2.75) is 20.8 Å². The summed E-state index contributed by atoms with van der Waals surface area (Å²) in [7, 11) is 0. The van der Waals surface area contributed by atoms with E-state index in [4.69, 9.17) is 10.5 Å². The normalized spacial score (nSPS) is 9.77. The molecule has 13 heavy (non-hydrogen) atoms. The largest absolute Gasteiger partial charge is 0.407 e. The van der Waals surface area contributed by atoms with Crippen LogP contribution in [0.25, 0.3) is 0 Å². The van der Waals surface area contributed by atoms with Crippen molar-refractivity contribution >= 4 is 11.8 Å². The number of esters is 1. The van der Waals surface area contributed by atoms with Gasteiger partial charge < -0.3 is 10.5 Å².